The van der Waals surface area contributed by atoms with E-state index in [9.17, 15) is 0 Å². The maximum Gasteiger partial charge on any atom is 0.0463 e. The van der Waals surface area contributed by atoms with E-state index in [1.54, 1.807) is 0 Å². The molecule has 0 aliphatic carbocycles. The molecule has 0 aliphatic rings. The maximum absolute atomic E-state index is 3.59. The number of hydrogen-bond acceptors (Lipinski definition) is 4. The number of nitrogens with one attached hydrogen (secondary N) is 2. The Morgan fingerprint density at radius 3 is 1.18 bits per heavy atom. The van der Waals surface area contributed by atoms with Crippen LogP contribution in [0.4, 0.5) is 51.2 Å². The minimum atomic E-state index is 0.967. The van der Waals surface area contributed by atoms with Crippen molar-refractivity contribution in [1.82, 2.24) is 0 Å². The molecule has 4 nitrogen and oxygen atoms in total. The number of hydrogen-bond donors (Lipinski definition) is 2. The van der Waals surface area contributed by atoms with E-state index < -0.39 is 0 Å². The average molecular weight is 589 g/mol. The van der Waals surface area contributed by atoms with Gasteiger partial charge in [0.1, 0.15) is 0 Å². The van der Waals surface area contributed by atoms with E-state index in [0.29, 0.717) is 0 Å². The van der Waals surface area contributed by atoms with Crippen LogP contribution in [0, 0.1) is 6.92 Å². The number of rotatable bonds is 12. The first-order valence-corrected chi connectivity index (χ1v) is 15.7. The lowest BCUT2D eigenvalue weighted by Crippen LogP contribution is -2.18. The molecule has 0 unspecified atom stereocenters. The van der Waals surface area contributed by atoms with Gasteiger partial charge in [0.15, 0.2) is 0 Å². The summed E-state index contributed by atoms with van der Waals surface area (Å²) in [6.45, 7) is 5.31. The van der Waals surface area contributed by atoms with Gasteiger partial charge in [-0.1, -0.05) is 67.4 Å². The molecule has 6 rings (SSSR count). The quantitative estimate of drug-likeness (QED) is 0.149. The third-order valence-corrected chi connectivity index (χ3v) is 7.88. The van der Waals surface area contributed by atoms with Crippen LogP contribution in [0.2, 0.25) is 0 Å². The predicted molar refractivity (Wildman–Crippen MR) is 194 cm³/mol. The van der Waals surface area contributed by atoms with Crippen molar-refractivity contribution < 1.29 is 0 Å². The summed E-state index contributed by atoms with van der Waals surface area (Å²) in [5.74, 6) is 0. The van der Waals surface area contributed by atoms with Gasteiger partial charge in [-0.3, -0.25) is 0 Å². The summed E-state index contributed by atoms with van der Waals surface area (Å²) in [5, 5.41) is 7.09. The molecule has 0 saturated carbocycles. The summed E-state index contributed by atoms with van der Waals surface area (Å²) in [4.78, 5) is 4.67. The van der Waals surface area contributed by atoms with Crippen LogP contribution in [0.1, 0.15) is 25.3 Å². The number of nitrogens with zero attached hydrogens (tertiary/aromatic N) is 2. The molecule has 0 radical (unpaired) electrons. The molecule has 0 amide bonds. The molecule has 0 bridgehead atoms. The van der Waals surface area contributed by atoms with Gasteiger partial charge < -0.3 is 20.4 Å². The van der Waals surface area contributed by atoms with Crippen LogP contribution >= 0.6 is 0 Å². The summed E-state index contributed by atoms with van der Waals surface area (Å²) in [5.41, 5.74) is 11.3. The number of benzene rings is 6. The molecular formula is C41H40N4. The molecule has 0 heterocycles. The van der Waals surface area contributed by atoms with Gasteiger partial charge in [-0.15, -0.1) is 0 Å². The van der Waals surface area contributed by atoms with Crippen LogP contribution in [-0.2, 0) is 0 Å². The Morgan fingerprint density at radius 2 is 0.778 bits per heavy atom. The van der Waals surface area contributed by atoms with Gasteiger partial charge in [-0.05, 0) is 123 Å². The van der Waals surface area contributed by atoms with Gasteiger partial charge in [-0.2, -0.15) is 0 Å². The Balaban J connectivity index is 1.15. The van der Waals surface area contributed by atoms with Gasteiger partial charge in [0.05, 0.1) is 0 Å². The summed E-state index contributed by atoms with van der Waals surface area (Å²) >= 11 is 0. The summed E-state index contributed by atoms with van der Waals surface area (Å²) in [6, 6.07) is 55.5. The third-order valence-electron chi connectivity index (χ3n) is 7.88. The summed E-state index contributed by atoms with van der Waals surface area (Å²) in [6.07, 6.45) is 2.27. The lowest BCUT2D eigenvalue weighted by molar-refractivity contribution is 0.786. The van der Waals surface area contributed by atoms with Crippen molar-refractivity contribution in [3.8, 4) is 0 Å². The van der Waals surface area contributed by atoms with Crippen molar-refractivity contribution in [2.24, 2.45) is 0 Å². The van der Waals surface area contributed by atoms with Gasteiger partial charge in [-0.25, -0.2) is 0 Å². The first-order valence-electron chi connectivity index (χ1n) is 15.7. The minimum absolute atomic E-state index is 0.967. The fraction of sp³-hybridized carbons (Fsp3) is 0.122. The molecule has 6 aromatic rings. The van der Waals surface area contributed by atoms with Crippen molar-refractivity contribution >= 4 is 51.2 Å². The van der Waals surface area contributed by atoms with E-state index in [-0.39, 0.29) is 0 Å². The first kappa shape index (κ1) is 29.6. The van der Waals surface area contributed by atoms with Crippen LogP contribution in [0.5, 0.6) is 0 Å². The molecule has 0 saturated heterocycles. The maximum atomic E-state index is 3.59. The number of unbranched alkanes of at least 4 members (excludes halogenated alkanes) is 1. The van der Waals surface area contributed by atoms with E-state index >= 15 is 0 Å². The first-order chi connectivity index (χ1) is 22.2. The highest BCUT2D eigenvalue weighted by Crippen LogP contribution is 2.35. The fourth-order valence-corrected chi connectivity index (χ4v) is 5.44. The molecule has 0 aromatic heterocycles. The fourth-order valence-electron chi connectivity index (χ4n) is 5.44. The Kier molecular flexibility index (Phi) is 9.42. The molecule has 0 fully saturated rings. The molecule has 0 aliphatic heterocycles. The molecular weight excluding hydrogens is 548 g/mol. The number of para-hydroxylation sites is 2. The highest BCUT2D eigenvalue weighted by Gasteiger charge is 2.12. The number of anilines is 9. The third kappa shape index (κ3) is 7.54. The van der Waals surface area contributed by atoms with Crippen molar-refractivity contribution in [2.45, 2.75) is 26.7 Å². The van der Waals surface area contributed by atoms with E-state index in [2.05, 4.69) is 192 Å². The molecule has 2 N–H and O–H groups in total. The highest BCUT2D eigenvalue weighted by molar-refractivity contribution is 5.78. The molecule has 4 heteroatoms. The molecule has 0 atom stereocenters. The lowest BCUT2D eigenvalue weighted by Gasteiger charge is -2.26. The Hall–Kier alpha value is -5.48. The second kappa shape index (κ2) is 14.3. The monoisotopic (exact) mass is 588 g/mol. The number of aryl methyl sites for hydroxylation is 1. The van der Waals surface area contributed by atoms with E-state index in [1.807, 2.05) is 0 Å². The zero-order valence-corrected chi connectivity index (χ0v) is 26.0. The summed E-state index contributed by atoms with van der Waals surface area (Å²) < 4.78 is 0. The highest BCUT2D eigenvalue weighted by atomic mass is 15.1. The van der Waals surface area contributed by atoms with Gasteiger partial charge >= 0.3 is 0 Å². The van der Waals surface area contributed by atoms with E-state index in [0.717, 1.165) is 59.2 Å². The predicted octanol–water partition coefficient (Wildman–Crippen LogP) is 11.9. The zero-order chi connectivity index (χ0) is 30.8. The normalized spacial score (nSPS) is 10.7. The molecule has 6 aromatic carbocycles. The lowest BCUT2D eigenvalue weighted by atomic mass is 10.1. The molecule has 224 valence electrons. The minimum Gasteiger partial charge on any atom is -0.356 e. The van der Waals surface area contributed by atoms with Crippen molar-refractivity contribution in [2.75, 3.05) is 27.0 Å². The Morgan fingerprint density at radius 1 is 0.422 bits per heavy atom. The largest absolute Gasteiger partial charge is 0.356 e. The average Bonchev–Trinajstić information content (AvgIpc) is 3.09. The summed E-state index contributed by atoms with van der Waals surface area (Å²) in [7, 11) is 0. The van der Waals surface area contributed by atoms with Gasteiger partial charge in [0.2, 0.25) is 0 Å². The van der Waals surface area contributed by atoms with Crippen molar-refractivity contribution in [3.63, 3.8) is 0 Å². The van der Waals surface area contributed by atoms with Crippen LogP contribution in [0.15, 0.2) is 158 Å². The van der Waals surface area contributed by atoms with Crippen LogP contribution in [0.25, 0.3) is 0 Å². The van der Waals surface area contributed by atoms with Crippen LogP contribution in [-0.4, -0.2) is 6.54 Å². The Bertz CT molecular complexity index is 1710. The zero-order valence-electron chi connectivity index (χ0n) is 26.0. The topological polar surface area (TPSA) is 30.5 Å². The van der Waals surface area contributed by atoms with Gasteiger partial charge in [0, 0.05) is 57.7 Å². The SMILES string of the molecule is CCCCN(c1ccc(Nc2ccc(C)cc2)cc1)c1ccc(Nc2ccc(N(c3ccccc3)c3ccccc3)cc2)cc1. The molecule has 0 spiro atoms. The smallest absolute Gasteiger partial charge is 0.0463 e. The van der Waals surface area contributed by atoms with Crippen molar-refractivity contribution in [1.29, 1.82) is 0 Å². The standard InChI is InChI=1S/C41H40N4/c1-3-4-31-44(37-25-19-34(20-26-37)42-33-17-15-32(2)16-18-33)38-27-21-35(22-28-38)43-36-23-29-41(30-24-36)45(39-11-7-5-8-12-39)40-13-9-6-10-14-40/h5-30,42-43H,3-4,31H2,1-2H3. The van der Waals surface area contributed by atoms with Crippen molar-refractivity contribution in [3.05, 3.63) is 163 Å². The Labute approximate surface area is 267 Å². The second-order valence-electron chi connectivity index (χ2n) is 11.3. The second-order valence-corrected chi connectivity index (χ2v) is 11.3. The molecule has 45 heavy (non-hydrogen) atoms. The van der Waals surface area contributed by atoms with Crippen LogP contribution < -0.4 is 20.4 Å². The van der Waals surface area contributed by atoms with E-state index in [1.165, 1.54) is 16.9 Å². The van der Waals surface area contributed by atoms with Crippen LogP contribution in [0.3, 0.4) is 0 Å². The van der Waals surface area contributed by atoms with Gasteiger partial charge in [0.25, 0.3) is 0 Å². The van der Waals surface area contributed by atoms with E-state index in [4.69, 9.17) is 0 Å².